The van der Waals surface area contributed by atoms with E-state index in [9.17, 15) is 19.8 Å². The summed E-state index contributed by atoms with van der Waals surface area (Å²) in [6, 6.07) is 18.7. The number of benzene rings is 2. The summed E-state index contributed by atoms with van der Waals surface area (Å²) >= 11 is 2.61. The van der Waals surface area contributed by atoms with Gasteiger partial charge in [0.15, 0.2) is 11.6 Å². The highest BCUT2D eigenvalue weighted by Gasteiger charge is 2.28. The SMILES string of the molecule is CC(C)(O)O[C@@H](Cc1ccccc1)C(=O)Nc1nnc(CCCCc2nnc(NC(=O)C[C@H](OC(C)(C)O)c3ccccc3)s2)s1. The van der Waals surface area contributed by atoms with Gasteiger partial charge in [0.05, 0.1) is 12.5 Å². The van der Waals surface area contributed by atoms with E-state index < -0.39 is 29.7 Å². The van der Waals surface area contributed by atoms with Gasteiger partial charge < -0.3 is 25.0 Å². The molecule has 0 bridgehead atoms. The fourth-order valence-electron chi connectivity index (χ4n) is 4.49. The van der Waals surface area contributed by atoms with E-state index in [1.807, 2.05) is 60.7 Å². The molecule has 14 heteroatoms. The Balaban J connectivity index is 1.22. The van der Waals surface area contributed by atoms with Gasteiger partial charge in [-0.2, -0.15) is 0 Å². The average Bonchev–Trinajstić information content (AvgIpc) is 3.63. The van der Waals surface area contributed by atoms with Gasteiger partial charge in [-0.1, -0.05) is 83.3 Å². The molecule has 0 fully saturated rings. The van der Waals surface area contributed by atoms with E-state index in [1.165, 1.54) is 50.4 Å². The predicted octanol–water partition coefficient (Wildman–Crippen LogP) is 5.06. The van der Waals surface area contributed by atoms with Crippen LogP contribution in [0.15, 0.2) is 60.7 Å². The number of carbonyl (C=O) groups excluding carboxylic acids is 2. The Labute approximate surface area is 276 Å². The third-order valence-electron chi connectivity index (χ3n) is 6.40. The normalized spacial score (nSPS) is 13.3. The fourth-order valence-corrected chi connectivity index (χ4v) is 6.08. The van der Waals surface area contributed by atoms with Crippen LogP contribution in [0.25, 0.3) is 0 Å². The Morgan fingerprint density at radius 2 is 1.28 bits per heavy atom. The summed E-state index contributed by atoms with van der Waals surface area (Å²) in [5, 5.41) is 44.8. The Kier molecular flexibility index (Phi) is 12.4. The van der Waals surface area contributed by atoms with Crippen molar-refractivity contribution in [2.75, 3.05) is 10.6 Å². The highest BCUT2D eigenvalue weighted by Crippen LogP contribution is 2.27. The maximum absolute atomic E-state index is 13.0. The zero-order valence-corrected chi connectivity index (χ0v) is 27.9. The van der Waals surface area contributed by atoms with Crippen molar-refractivity contribution in [1.82, 2.24) is 20.4 Å². The van der Waals surface area contributed by atoms with Crippen molar-refractivity contribution < 1.29 is 29.3 Å². The number of amides is 2. The third kappa shape index (κ3) is 12.3. The molecule has 2 amide bonds. The van der Waals surface area contributed by atoms with E-state index in [1.54, 1.807) is 0 Å². The molecule has 246 valence electrons. The summed E-state index contributed by atoms with van der Waals surface area (Å²) in [5.74, 6) is -3.59. The average molecular weight is 669 g/mol. The molecule has 2 heterocycles. The van der Waals surface area contributed by atoms with E-state index >= 15 is 0 Å². The molecule has 12 nitrogen and oxygen atoms in total. The third-order valence-corrected chi connectivity index (χ3v) is 8.20. The lowest BCUT2D eigenvalue weighted by Gasteiger charge is -2.26. The van der Waals surface area contributed by atoms with Crippen LogP contribution in [0.2, 0.25) is 0 Å². The van der Waals surface area contributed by atoms with E-state index in [0.29, 0.717) is 29.5 Å². The minimum Gasteiger partial charge on any atom is -0.366 e. The minimum absolute atomic E-state index is 0.00728. The number of carbonyl (C=O) groups is 2. The first-order valence-electron chi connectivity index (χ1n) is 15.0. The van der Waals surface area contributed by atoms with E-state index in [0.717, 1.165) is 34.0 Å². The number of nitrogens with zero attached hydrogens (tertiary/aromatic N) is 4. The van der Waals surface area contributed by atoms with E-state index in [-0.39, 0.29) is 12.3 Å². The smallest absolute Gasteiger partial charge is 0.255 e. The lowest BCUT2D eigenvalue weighted by atomic mass is 10.1. The number of ether oxygens (including phenoxy) is 2. The number of rotatable bonds is 17. The van der Waals surface area contributed by atoms with Gasteiger partial charge in [0.1, 0.15) is 16.1 Å². The number of unbranched alkanes of at least 4 members (excludes halogenated alkanes) is 1. The Morgan fingerprint density at radius 3 is 1.83 bits per heavy atom. The van der Waals surface area contributed by atoms with Crippen LogP contribution in [0.4, 0.5) is 10.3 Å². The van der Waals surface area contributed by atoms with Gasteiger partial charge in [-0.15, -0.1) is 20.4 Å². The highest BCUT2D eigenvalue weighted by atomic mass is 32.1. The van der Waals surface area contributed by atoms with Crippen LogP contribution in [0.1, 0.15) is 74.2 Å². The van der Waals surface area contributed by atoms with Crippen LogP contribution in [0, 0.1) is 0 Å². The quantitative estimate of drug-likeness (QED) is 0.0881. The van der Waals surface area contributed by atoms with Crippen molar-refractivity contribution in [3.8, 4) is 0 Å². The number of anilines is 2. The van der Waals surface area contributed by atoms with Gasteiger partial charge in [-0.25, -0.2) is 0 Å². The van der Waals surface area contributed by atoms with Gasteiger partial charge in [0.25, 0.3) is 5.91 Å². The first-order chi connectivity index (χ1) is 21.8. The van der Waals surface area contributed by atoms with Crippen LogP contribution < -0.4 is 10.6 Å². The van der Waals surface area contributed by atoms with Gasteiger partial charge in [-0.3, -0.25) is 14.9 Å². The second kappa shape index (κ2) is 16.3. The Bertz CT molecular complexity index is 1540. The summed E-state index contributed by atoms with van der Waals surface area (Å²) in [7, 11) is 0. The molecule has 0 saturated carbocycles. The summed E-state index contributed by atoms with van der Waals surface area (Å²) in [6.45, 7) is 6.02. The molecule has 4 rings (SSSR count). The molecule has 0 unspecified atom stereocenters. The number of aromatic nitrogens is 4. The summed E-state index contributed by atoms with van der Waals surface area (Å²) < 4.78 is 11.4. The number of nitrogens with one attached hydrogen (secondary N) is 2. The summed E-state index contributed by atoms with van der Waals surface area (Å²) in [5.41, 5.74) is 1.69. The number of hydrogen-bond acceptors (Lipinski definition) is 12. The molecule has 0 aliphatic heterocycles. The molecule has 2 atom stereocenters. The Morgan fingerprint density at radius 1 is 0.761 bits per heavy atom. The van der Waals surface area contributed by atoms with Crippen LogP contribution in [0.3, 0.4) is 0 Å². The molecule has 4 N–H and O–H groups in total. The molecular weight excluding hydrogens is 629 g/mol. The molecular formula is C32H40N6O6S2. The monoisotopic (exact) mass is 668 g/mol. The van der Waals surface area contributed by atoms with Crippen molar-refractivity contribution >= 4 is 44.8 Å². The molecule has 0 radical (unpaired) electrons. The van der Waals surface area contributed by atoms with E-state index in [2.05, 4.69) is 31.0 Å². The van der Waals surface area contributed by atoms with Gasteiger partial charge in [-0.05, 0) is 51.7 Å². The van der Waals surface area contributed by atoms with Crippen LogP contribution in [0.5, 0.6) is 0 Å². The number of hydrogen-bond donors (Lipinski definition) is 4. The van der Waals surface area contributed by atoms with Gasteiger partial charge >= 0.3 is 0 Å². The summed E-state index contributed by atoms with van der Waals surface area (Å²) in [6.07, 6.45) is 1.75. The Hall–Kier alpha value is -3.66. The largest absolute Gasteiger partial charge is 0.366 e. The van der Waals surface area contributed by atoms with Crippen LogP contribution >= 0.6 is 22.7 Å². The second-order valence-corrected chi connectivity index (χ2v) is 13.8. The first kappa shape index (κ1) is 35.2. The zero-order valence-electron chi connectivity index (χ0n) is 26.3. The minimum atomic E-state index is -1.49. The molecule has 4 aromatic rings. The molecule has 2 aromatic heterocycles. The lowest BCUT2D eigenvalue weighted by Crippen LogP contribution is -2.39. The molecule has 2 aromatic carbocycles. The maximum Gasteiger partial charge on any atom is 0.255 e. The van der Waals surface area contributed by atoms with Gasteiger partial charge in [0, 0.05) is 19.3 Å². The predicted molar refractivity (Wildman–Crippen MR) is 176 cm³/mol. The first-order valence-corrected chi connectivity index (χ1v) is 16.6. The molecule has 0 saturated heterocycles. The van der Waals surface area contributed by atoms with Crippen molar-refractivity contribution in [2.24, 2.45) is 0 Å². The van der Waals surface area contributed by atoms with Crippen molar-refractivity contribution in [1.29, 1.82) is 0 Å². The molecule has 0 aliphatic rings. The zero-order chi connectivity index (χ0) is 33.2. The van der Waals surface area contributed by atoms with Crippen molar-refractivity contribution in [3.05, 3.63) is 81.8 Å². The number of aliphatic hydroxyl groups is 2. The summed E-state index contributed by atoms with van der Waals surface area (Å²) in [4.78, 5) is 25.8. The van der Waals surface area contributed by atoms with Crippen molar-refractivity contribution in [2.45, 2.75) is 90.0 Å². The lowest BCUT2D eigenvalue weighted by molar-refractivity contribution is -0.208. The molecule has 0 spiro atoms. The highest BCUT2D eigenvalue weighted by molar-refractivity contribution is 7.15. The maximum atomic E-state index is 13.0. The number of aryl methyl sites for hydroxylation is 2. The van der Waals surface area contributed by atoms with Crippen LogP contribution in [-0.4, -0.2) is 60.1 Å². The van der Waals surface area contributed by atoms with Gasteiger partial charge in [0.2, 0.25) is 16.2 Å². The fraction of sp³-hybridized carbons (Fsp3) is 0.438. The topological polar surface area (TPSA) is 169 Å². The van der Waals surface area contributed by atoms with Crippen LogP contribution in [-0.2, 0) is 38.3 Å². The van der Waals surface area contributed by atoms with E-state index in [4.69, 9.17) is 9.47 Å². The van der Waals surface area contributed by atoms with Crippen molar-refractivity contribution in [3.63, 3.8) is 0 Å². The molecule has 0 aliphatic carbocycles. The molecule has 46 heavy (non-hydrogen) atoms. The standard InChI is InChI=1S/C32H40N6O6S2/c1-31(2,41)43-23(22-15-9-6-10-16-22)20-25(39)33-29-37-35-26(45-29)17-11-12-18-27-36-38-30(46-27)34-28(40)24(44-32(3,4)42)19-21-13-7-5-8-14-21/h5-10,13-16,23-24,41-42H,11-12,17-20H2,1-4H3,(H,33,37,39)(H,34,38,40)/t23-,24-/m0/s1. The second-order valence-electron chi connectivity index (χ2n) is 11.7.